The van der Waals surface area contributed by atoms with Gasteiger partial charge in [-0.15, -0.1) is 0 Å². The average Bonchev–Trinajstić information content (AvgIpc) is 3.50. The Hall–Kier alpha value is -3.60. The normalized spacial score (nSPS) is 15.5. The molecule has 0 saturated heterocycles. The number of hydrogen-bond donors (Lipinski definition) is 1. The van der Waals surface area contributed by atoms with E-state index in [1.807, 2.05) is 30.3 Å². The lowest BCUT2D eigenvalue weighted by atomic mass is 9.85. The van der Waals surface area contributed by atoms with Crippen LogP contribution in [0.15, 0.2) is 60.7 Å². The largest absolute Gasteiger partial charge is 0.454 e. The number of rotatable bonds is 7. The third kappa shape index (κ3) is 3.88. The van der Waals surface area contributed by atoms with Crippen molar-refractivity contribution in [2.45, 2.75) is 44.4 Å². The van der Waals surface area contributed by atoms with E-state index in [9.17, 15) is 9.59 Å². The molecule has 2 aliphatic rings. The molecule has 0 unspecified atom stereocenters. The number of benzene rings is 3. The van der Waals surface area contributed by atoms with Gasteiger partial charge in [-0.05, 0) is 70.8 Å². The van der Waals surface area contributed by atoms with Crippen molar-refractivity contribution < 1.29 is 20.5 Å². The Morgan fingerprint density at radius 1 is 0.970 bits per heavy atom. The third-order valence-electron chi connectivity index (χ3n) is 6.79. The molecule has 0 bridgehead atoms. The number of fused-ring (bicyclic) bond motifs is 1. The molecule has 1 aliphatic carbocycles. The summed E-state index contributed by atoms with van der Waals surface area (Å²) in [5.74, 6) is 1.56. The Bertz CT molecular complexity index is 1250. The van der Waals surface area contributed by atoms with Crippen LogP contribution in [0.1, 0.15) is 61.1 Å². The average molecular weight is 444 g/mol. The number of hydrogen-bond acceptors (Lipinski definition) is 4. The van der Waals surface area contributed by atoms with Gasteiger partial charge in [-0.3, -0.25) is 9.59 Å². The van der Waals surface area contributed by atoms with Crippen molar-refractivity contribution in [1.29, 1.82) is 0 Å². The number of Topliss-reactive ketones (excluding diaryl/α,β-unsaturated/α-hetero) is 1. The fraction of sp³-hybridized carbons (Fsp3) is 0.286. The van der Waals surface area contributed by atoms with Gasteiger partial charge < -0.3 is 15.2 Å². The van der Waals surface area contributed by atoms with Gasteiger partial charge in [0.2, 0.25) is 12.7 Å². The first-order valence-electron chi connectivity index (χ1n) is 11.3. The molecule has 33 heavy (non-hydrogen) atoms. The molecule has 3 aromatic carbocycles. The number of nitrogens with two attached hydrogens (primary N) is 1. The molecule has 0 radical (unpaired) electrons. The molecule has 2 N–H and O–H groups in total. The first kappa shape index (κ1) is 21.3. The van der Waals surface area contributed by atoms with Crippen molar-refractivity contribution in [3.8, 4) is 22.6 Å². The fourth-order valence-electron chi connectivity index (χ4n) is 4.68. The summed E-state index contributed by atoms with van der Waals surface area (Å²) in [7, 11) is 0. The van der Waals surface area contributed by atoms with Crippen LogP contribution < -0.4 is 15.2 Å². The van der Waals surface area contributed by atoms with Crippen molar-refractivity contribution in [3.05, 3.63) is 82.9 Å². The van der Waals surface area contributed by atoms with Crippen LogP contribution in [0.2, 0.25) is 0 Å². The molecule has 5 nitrogen and oxygen atoms in total. The highest BCUT2D eigenvalue weighted by Gasteiger charge is 2.50. The minimum atomic E-state index is -0.441. The number of ether oxygens (including phenoxy) is 2. The summed E-state index contributed by atoms with van der Waals surface area (Å²) in [5, 5.41) is 0. The van der Waals surface area contributed by atoms with Gasteiger partial charge in [0.15, 0.2) is 11.5 Å². The molecule has 0 atom stereocenters. The standard InChI is InChI=1S/C28H27NO4.H2/c1-17(2)22-9-3-18(13-23(22)19-4-6-20(7-5-19)27(29)31)14-26(30)28(11-12-28)21-8-10-24-25(15-21)33-16-32-24;/h3-10,13,15,17H,11-12,14,16H2,1-2H3,(H2,29,31);1H. The zero-order valence-electron chi connectivity index (χ0n) is 18.9. The summed E-state index contributed by atoms with van der Waals surface area (Å²) in [6, 6.07) is 19.5. The van der Waals surface area contributed by atoms with E-state index in [0.29, 0.717) is 17.9 Å². The number of amides is 1. The molecule has 1 aliphatic heterocycles. The Kier molecular flexibility index (Phi) is 5.20. The molecule has 0 spiro atoms. The van der Waals surface area contributed by atoms with E-state index in [1.54, 1.807) is 12.1 Å². The summed E-state index contributed by atoms with van der Waals surface area (Å²) in [6.07, 6.45) is 2.09. The maximum atomic E-state index is 13.5. The lowest BCUT2D eigenvalue weighted by Crippen LogP contribution is -2.22. The molecule has 1 amide bonds. The molecule has 3 aromatic rings. The van der Waals surface area contributed by atoms with Crippen molar-refractivity contribution >= 4 is 11.7 Å². The summed E-state index contributed by atoms with van der Waals surface area (Å²) >= 11 is 0. The highest BCUT2D eigenvalue weighted by atomic mass is 16.7. The van der Waals surface area contributed by atoms with Gasteiger partial charge in [0.25, 0.3) is 0 Å². The second-order valence-corrected chi connectivity index (χ2v) is 9.27. The van der Waals surface area contributed by atoms with E-state index in [-0.39, 0.29) is 14.0 Å². The van der Waals surface area contributed by atoms with Crippen molar-refractivity contribution in [1.82, 2.24) is 0 Å². The van der Waals surface area contributed by atoms with Gasteiger partial charge in [0, 0.05) is 13.4 Å². The van der Waals surface area contributed by atoms with E-state index >= 15 is 0 Å². The Labute approximate surface area is 195 Å². The predicted molar refractivity (Wildman–Crippen MR) is 129 cm³/mol. The van der Waals surface area contributed by atoms with Gasteiger partial charge >= 0.3 is 0 Å². The van der Waals surface area contributed by atoms with Crippen LogP contribution in [0.25, 0.3) is 11.1 Å². The van der Waals surface area contributed by atoms with E-state index in [0.717, 1.165) is 46.6 Å². The van der Waals surface area contributed by atoms with Gasteiger partial charge in [-0.2, -0.15) is 0 Å². The van der Waals surface area contributed by atoms with Crippen LogP contribution in [0, 0.1) is 0 Å². The summed E-state index contributed by atoms with van der Waals surface area (Å²) in [5.41, 5.74) is 10.7. The second kappa shape index (κ2) is 8.07. The quantitative estimate of drug-likeness (QED) is 0.531. The van der Waals surface area contributed by atoms with Crippen molar-refractivity contribution in [2.75, 3.05) is 6.79 Å². The molecule has 5 rings (SSSR count). The molecular formula is C28H29NO4. The lowest BCUT2D eigenvalue weighted by Gasteiger charge is -2.18. The maximum absolute atomic E-state index is 13.5. The van der Waals surface area contributed by atoms with E-state index in [4.69, 9.17) is 15.2 Å². The fourth-order valence-corrected chi connectivity index (χ4v) is 4.68. The maximum Gasteiger partial charge on any atom is 0.248 e. The van der Waals surface area contributed by atoms with Crippen LogP contribution >= 0.6 is 0 Å². The highest BCUT2D eigenvalue weighted by Crippen LogP contribution is 2.51. The van der Waals surface area contributed by atoms with E-state index in [1.165, 1.54) is 5.56 Å². The van der Waals surface area contributed by atoms with Crippen LogP contribution in [-0.4, -0.2) is 18.5 Å². The summed E-state index contributed by atoms with van der Waals surface area (Å²) in [6.45, 7) is 4.53. The smallest absolute Gasteiger partial charge is 0.248 e. The van der Waals surface area contributed by atoms with Crippen molar-refractivity contribution in [2.24, 2.45) is 5.73 Å². The van der Waals surface area contributed by atoms with Crippen LogP contribution in [0.5, 0.6) is 11.5 Å². The van der Waals surface area contributed by atoms with Crippen molar-refractivity contribution in [3.63, 3.8) is 0 Å². The lowest BCUT2D eigenvalue weighted by molar-refractivity contribution is -0.120. The minimum absolute atomic E-state index is 0. The first-order chi connectivity index (χ1) is 15.9. The zero-order valence-corrected chi connectivity index (χ0v) is 18.9. The topological polar surface area (TPSA) is 78.6 Å². The zero-order chi connectivity index (χ0) is 23.2. The Balaban J connectivity index is 0.00000274. The van der Waals surface area contributed by atoms with Gasteiger partial charge in [-0.1, -0.05) is 50.2 Å². The summed E-state index contributed by atoms with van der Waals surface area (Å²) in [4.78, 5) is 24.9. The van der Waals surface area contributed by atoms with Crippen LogP contribution in [-0.2, 0) is 16.6 Å². The monoisotopic (exact) mass is 443 g/mol. The minimum Gasteiger partial charge on any atom is -0.454 e. The molecule has 1 saturated carbocycles. The molecular weight excluding hydrogens is 414 g/mol. The predicted octanol–water partition coefficient (Wildman–Crippen LogP) is 5.39. The molecule has 0 aromatic heterocycles. The number of carbonyl (C=O) groups is 2. The number of primary amides is 1. The molecule has 1 fully saturated rings. The molecule has 1 heterocycles. The van der Waals surface area contributed by atoms with E-state index in [2.05, 4.69) is 32.0 Å². The molecule has 5 heteroatoms. The second-order valence-electron chi connectivity index (χ2n) is 9.27. The third-order valence-corrected chi connectivity index (χ3v) is 6.79. The highest BCUT2D eigenvalue weighted by molar-refractivity contribution is 5.95. The van der Waals surface area contributed by atoms with Gasteiger partial charge in [-0.25, -0.2) is 0 Å². The molecule has 170 valence electrons. The summed E-state index contributed by atoms with van der Waals surface area (Å²) < 4.78 is 10.9. The first-order valence-corrected chi connectivity index (χ1v) is 11.3. The van der Waals surface area contributed by atoms with Gasteiger partial charge in [0.1, 0.15) is 5.78 Å². The SMILES string of the molecule is CC(C)c1ccc(CC(=O)C2(c3ccc4c(c3)OCO4)CC2)cc1-c1ccc(C(N)=O)cc1.[HH]. The Morgan fingerprint density at radius 3 is 2.36 bits per heavy atom. The van der Waals surface area contributed by atoms with Crippen LogP contribution in [0.4, 0.5) is 0 Å². The van der Waals surface area contributed by atoms with Crippen LogP contribution in [0.3, 0.4) is 0 Å². The van der Waals surface area contributed by atoms with Gasteiger partial charge in [0.05, 0.1) is 5.41 Å². The number of ketones is 1. The Morgan fingerprint density at radius 2 is 1.70 bits per heavy atom. The van der Waals surface area contributed by atoms with E-state index < -0.39 is 11.3 Å². The number of carbonyl (C=O) groups excluding carboxylic acids is 2.